The number of alkyl halides is 2. The van der Waals surface area contributed by atoms with Gasteiger partial charge in [-0.25, -0.2) is 0 Å². The molecule has 20 heavy (non-hydrogen) atoms. The summed E-state index contributed by atoms with van der Waals surface area (Å²) in [7, 11) is 0. The lowest BCUT2D eigenvalue weighted by molar-refractivity contribution is -0.0493. The van der Waals surface area contributed by atoms with E-state index in [1.54, 1.807) is 18.2 Å². The number of hydrogen-bond acceptors (Lipinski definition) is 3. The van der Waals surface area contributed by atoms with E-state index in [2.05, 4.69) is 10.1 Å². The second-order valence-electron chi connectivity index (χ2n) is 5.30. The predicted molar refractivity (Wildman–Crippen MR) is 74.1 cm³/mol. The molecule has 0 heterocycles. The van der Waals surface area contributed by atoms with Crippen molar-refractivity contribution >= 4 is 5.69 Å². The third-order valence-corrected chi connectivity index (χ3v) is 3.71. The van der Waals surface area contributed by atoms with Gasteiger partial charge in [0.25, 0.3) is 0 Å². The van der Waals surface area contributed by atoms with Gasteiger partial charge in [0.15, 0.2) is 0 Å². The lowest BCUT2D eigenvalue weighted by Crippen LogP contribution is -2.22. The Balaban J connectivity index is 1.83. The van der Waals surface area contributed by atoms with E-state index in [9.17, 15) is 13.9 Å². The summed E-state index contributed by atoms with van der Waals surface area (Å²) in [4.78, 5) is 0. The van der Waals surface area contributed by atoms with Crippen molar-refractivity contribution in [1.29, 1.82) is 0 Å². The number of aliphatic hydroxyl groups excluding tert-OH is 1. The molecule has 0 radical (unpaired) electrons. The average molecular weight is 285 g/mol. The molecule has 0 saturated heterocycles. The summed E-state index contributed by atoms with van der Waals surface area (Å²) in [5.74, 6) is 0.704. The molecule has 1 fully saturated rings. The third-order valence-electron chi connectivity index (χ3n) is 3.71. The molecule has 0 bridgehead atoms. The highest BCUT2D eigenvalue weighted by Gasteiger charge is 2.19. The summed E-state index contributed by atoms with van der Waals surface area (Å²) >= 11 is 0. The Kier molecular flexibility index (Phi) is 5.59. The normalized spacial score (nSPS) is 17.4. The molecule has 1 aliphatic rings. The van der Waals surface area contributed by atoms with Crippen molar-refractivity contribution in [3.63, 3.8) is 0 Å². The van der Waals surface area contributed by atoms with Gasteiger partial charge in [-0.05, 0) is 24.5 Å². The molecule has 112 valence electrons. The van der Waals surface area contributed by atoms with Crippen LogP contribution in [0.4, 0.5) is 14.5 Å². The van der Waals surface area contributed by atoms with E-state index in [1.807, 2.05) is 0 Å². The van der Waals surface area contributed by atoms with Crippen molar-refractivity contribution in [3.05, 3.63) is 24.3 Å². The molecule has 5 heteroatoms. The molecule has 1 aromatic rings. The number of anilines is 1. The van der Waals surface area contributed by atoms with E-state index in [1.165, 1.54) is 31.7 Å². The van der Waals surface area contributed by atoms with Gasteiger partial charge < -0.3 is 15.2 Å². The van der Waals surface area contributed by atoms with Crippen LogP contribution in [0.1, 0.15) is 32.1 Å². The Morgan fingerprint density at radius 1 is 1.25 bits per heavy atom. The summed E-state index contributed by atoms with van der Waals surface area (Å²) in [6.45, 7) is -2.50. The van der Waals surface area contributed by atoms with Crippen LogP contribution in [0.15, 0.2) is 24.3 Å². The molecule has 2 N–H and O–H groups in total. The number of hydrogen-bond donors (Lipinski definition) is 2. The number of rotatable bonds is 7. The van der Waals surface area contributed by atoms with E-state index in [-0.39, 0.29) is 5.75 Å². The standard InChI is InChI=1S/C15H21F2NO2/c16-15(17)20-14-8-4-3-7-13(14)18-10-12(19)9-11-5-1-2-6-11/h3-4,7-8,11-12,15,18-19H,1-2,5-6,9-10H2. The number of nitrogens with one attached hydrogen (secondary N) is 1. The van der Waals surface area contributed by atoms with Crippen molar-refractivity contribution in [2.75, 3.05) is 11.9 Å². The second kappa shape index (κ2) is 7.43. The number of aliphatic hydroxyl groups is 1. The summed E-state index contributed by atoms with van der Waals surface area (Å²) in [6, 6.07) is 6.53. The minimum Gasteiger partial charge on any atom is -0.433 e. The van der Waals surface area contributed by atoms with E-state index in [0.29, 0.717) is 18.2 Å². The molecule has 3 nitrogen and oxygen atoms in total. The first-order chi connectivity index (χ1) is 9.65. The van der Waals surface area contributed by atoms with Crippen LogP contribution in [0.2, 0.25) is 0 Å². The number of benzene rings is 1. The fourth-order valence-corrected chi connectivity index (χ4v) is 2.75. The van der Waals surface area contributed by atoms with Crippen LogP contribution in [-0.2, 0) is 0 Å². The van der Waals surface area contributed by atoms with Crippen molar-refractivity contribution in [1.82, 2.24) is 0 Å². The Morgan fingerprint density at radius 3 is 2.65 bits per heavy atom. The molecule has 1 unspecified atom stereocenters. The maximum Gasteiger partial charge on any atom is 0.387 e. The highest BCUT2D eigenvalue weighted by Crippen LogP contribution is 2.29. The van der Waals surface area contributed by atoms with E-state index < -0.39 is 12.7 Å². The fourth-order valence-electron chi connectivity index (χ4n) is 2.75. The minimum absolute atomic E-state index is 0.107. The number of ether oxygens (including phenoxy) is 1. The predicted octanol–water partition coefficient (Wildman–Crippen LogP) is 3.64. The van der Waals surface area contributed by atoms with Crippen molar-refractivity contribution in [2.45, 2.75) is 44.8 Å². The van der Waals surface area contributed by atoms with Crippen LogP contribution in [0, 0.1) is 5.92 Å². The van der Waals surface area contributed by atoms with Gasteiger partial charge in [0.05, 0.1) is 11.8 Å². The molecule has 1 aromatic carbocycles. The lowest BCUT2D eigenvalue weighted by Gasteiger charge is -2.18. The molecular formula is C15H21F2NO2. The highest BCUT2D eigenvalue weighted by atomic mass is 19.3. The highest BCUT2D eigenvalue weighted by molar-refractivity contribution is 5.56. The summed E-state index contributed by atoms with van der Waals surface area (Å²) < 4.78 is 29.0. The molecule has 0 spiro atoms. The summed E-state index contributed by atoms with van der Waals surface area (Å²) in [5.41, 5.74) is 0.485. The summed E-state index contributed by atoms with van der Waals surface area (Å²) in [6.07, 6.45) is 5.17. The molecule has 1 atom stereocenters. The maximum atomic E-state index is 12.3. The van der Waals surface area contributed by atoms with E-state index >= 15 is 0 Å². The Bertz CT molecular complexity index is 409. The van der Waals surface area contributed by atoms with Crippen LogP contribution < -0.4 is 10.1 Å². The third kappa shape index (κ3) is 4.63. The van der Waals surface area contributed by atoms with Crippen molar-refractivity contribution in [3.8, 4) is 5.75 Å². The Labute approximate surface area is 117 Å². The topological polar surface area (TPSA) is 41.5 Å². The van der Waals surface area contributed by atoms with Gasteiger partial charge in [-0.1, -0.05) is 37.8 Å². The molecule has 2 rings (SSSR count). The van der Waals surface area contributed by atoms with E-state index in [4.69, 9.17) is 0 Å². The molecule has 0 aliphatic heterocycles. The van der Waals surface area contributed by atoms with Gasteiger partial charge in [-0.3, -0.25) is 0 Å². The Hall–Kier alpha value is -1.36. The van der Waals surface area contributed by atoms with Gasteiger partial charge in [-0.15, -0.1) is 0 Å². The monoisotopic (exact) mass is 285 g/mol. The van der Waals surface area contributed by atoms with Crippen LogP contribution in [-0.4, -0.2) is 24.4 Å². The van der Waals surface area contributed by atoms with Gasteiger partial charge in [0, 0.05) is 6.54 Å². The first-order valence-corrected chi connectivity index (χ1v) is 7.11. The molecular weight excluding hydrogens is 264 g/mol. The fraction of sp³-hybridized carbons (Fsp3) is 0.600. The number of para-hydroxylation sites is 2. The molecule has 0 aromatic heterocycles. The van der Waals surface area contributed by atoms with Crippen LogP contribution in [0.25, 0.3) is 0 Å². The van der Waals surface area contributed by atoms with Gasteiger partial charge in [-0.2, -0.15) is 8.78 Å². The van der Waals surface area contributed by atoms with Crippen molar-refractivity contribution in [2.24, 2.45) is 5.92 Å². The zero-order chi connectivity index (χ0) is 14.4. The molecule has 1 saturated carbocycles. The minimum atomic E-state index is -2.85. The van der Waals surface area contributed by atoms with Gasteiger partial charge >= 0.3 is 6.61 Å². The average Bonchev–Trinajstić information content (AvgIpc) is 2.90. The first-order valence-electron chi connectivity index (χ1n) is 7.11. The van der Waals surface area contributed by atoms with Gasteiger partial charge in [0.1, 0.15) is 5.75 Å². The van der Waals surface area contributed by atoms with E-state index in [0.717, 1.165) is 6.42 Å². The van der Waals surface area contributed by atoms with Crippen molar-refractivity contribution < 1.29 is 18.6 Å². The second-order valence-corrected chi connectivity index (χ2v) is 5.30. The zero-order valence-corrected chi connectivity index (χ0v) is 11.4. The van der Waals surface area contributed by atoms with Gasteiger partial charge in [0.2, 0.25) is 0 Å². The maximum absolute atomic E-state index is 12.3. The Morgan fingerprint density at radius 2 is 1.95 bits per heavy atom. The van der Waals surface area contributed by atoms with Crippen LogP contribution in [0.5, 0.6) is 5.75 Å². The molecule has 1 aliphatic carbocycles. The largest absolute Gasteiger partial charge is 0.433 e. The smallest absolute Gasteiger partial charge is 0.387 e. The lowest BCUT2D eigenvalue weighted by atomic mass is 10.00. The number of halogens is 2. The zero-order valence-electron chi connectivity index (χ0n) is 11.4. The molecule has 0 amide bonds. The first kappa shape index (κ1) is 15.0. The van der Waals surface area contributed by atoms with Crippen LogP contribution >= 0.6 is 0 Å². The quantitative estimate of drug-likeness (QED) is 0.803. The van der Waals surface area contributed by atoms with Crippen LogP contribution in [0.3, 0.4) is 0 Å². The summed E-state index contributed by atoms with van der Waals surface area (Å²) in [5, 5.41) is 13.0. The SMILES string of the molecule is OC(CNc1ccccc1OC(F)F)CC1CCCC1.